The summed E-state index contributed by atoms with van der Waals surface area (Å²) in [5, 5.41) is 13.8. The lowest BCUT2D eigenvalue weighted by Gasteiger charge is -2.05. The third kappa shape index (κ3) is 3.71. The Balaban J connectivity index is 1.81. The molecule has 0 atom stereocenters. The average molecular weight is 304 g/mol. The molecule has 0 saturated carbocycles. The van der Waals surface area contributed by atoms with Gasteiger partial charge in [-0.1, -0.05) is 42.5 Å². The molecule has 2 N–H and O–H groups in total. The Bertz CT molecular complexity index is 831. The quantitative estimate of drug-likeness (QED) is 0.570. The summed E-state index contributed by atoms with van der Waals surface area (Å²) in [6.07, 6.45) is 1.55. The minimum absolute atomic E-state index is 0.182. The van der Waals surface area contributed by atoms with Crippen LogP contribution in [-0.2, 0) is 0 Å². The molecule has 0 saturated heterocycles. The molecule has 3 aromatic rings. The standard InChI is InChI=1S/C18H16N4O/c1-13-20-16(14-7-3-2-4-8-14)11-18(21-13)22-19-12-15-9-5-6-10-17(15)23/h2-12,23H,1H3,(H,20,21,22). The molecular weight excluding hydrogens is 288 g/mol. The smallest absolute Gasteiger partial charge is 0.150 e. The molecule has 23 heavy (non-hydrogen) atoms. The van der Waals surface area contributed by atoms with Gasteiger partial charge >= 0.3 is 0 Å². The van der Waals surface area contributed by atoms with Crippen LogP contribution in [0.3, 0.4) is 0 Å². The molecule has 2 aromatic carbocycles. The number of aryl methyl sites for hydroxylation is 1. The molecule has 5 nitrogen and oxygen atoms in total. The van der Waals surface area contributed by atoms with Crippen LogP contribution >= 0.6 is 0 Å². The van der Waals surface area contributed by atoms with Gasteiger partial charge in [-0.3, -0.25) is 5.43 Å². The van der Waals surface area contributed by atoms with E-state index in [1.165, 1.54) is 0 Å². The fourth-order valence-electron chi connectivity index (χ4n) is 2.15. The van der Waals surface area contributed by atoms with Crippen molar-refractivity contribution >= 4 is 12.0 Å². The zero-order chi connectivity index (χ0) is 16.1. The Labute approximate surface area is 134 Å². The summed E-state index contributed by atoms with van der Waals surface area (Å²) in [4.78, 5) is 8.76. The Kier molecular flexibility index (Phi) is 4.29. The number of phenolic OH excluding ortho intramolecular Hbond substituents is 1. The van der Waals surface area contributed by atoms with Crippen molar-refractivity contribution in [2.75, 3.05) is 5.43 Å². The van der Waals surface area contributed by atoms with Gasteiger partial charge in [-0.2, -0.15) is 5.10 Å². The molecule has 0 aliphatic rings. The topological polar surface area (TPSA) is 70.4 Å². The number of aromatic hydroxyl groups is 1. The van der Waals surface area contributed by atoms with E-state index in [0.717, 1.165) is 11.3 Å². The van der Waals surface area contributed by atoms with Gasteiger partial charge in [0.1, 0.15) is 17.4 Å². The number of aromatic nitrogens is 2. The van der Waals surface area contributed by atoms with E-state index in [9.17, 15) is 5.11 Å². The van der Waals surface area contributed by atoms with Crippen molar-refractivity contribution in [3.05, 3.63) is 72.1 Å². The number of rotatable bonds is 4. The van der Waals surface area contributed by atoms with Crippen molar-refractivity contribution in [3.63, 3.8) is 0 Å². The maximum atomic E-state index is 9.70. The van der Waals surface area contributed by atoms with E-state index in [-0.39, 0.29) is 5.75 Å². The lowest BCUT2D eigenvalue weighted by Crippen LogP contribution is -1.98. The normalized spacial score (nSPS) is 10.8. The van der Waals surface area contributed by atoms with E-state index >= 15 is 0 Å². The molecule has 1 heterocycles. The second-order valence-corrected chi connectivity index (χ2v) is 4.98. The van der Waals surface area contributed by atoms with E-state index in [2.05, 4.69) is 20.5 Å². The molecule has 1 aromatic heterocycles. The van der Waals surface area contributed by atoms with Crippen molar-refractivity contribution in [3.8, 4) is 17.0 Å². The van der Waals surface area contributed by atoms with Gasteiger partial charge < -0.3 is 5.11 Å². The van der Waals surface area contributed by atoms with Crippen molar-refractivity contribution in [1.29, 1.82) is 0 Å². The summed E-state index contributed by atoms with van der Waals surface area (Å²) in [5.74, 6) is 1.44. The number of hydrogen-bond acceptors (Lipinski definition) is 5. The first-order valence-electron chi connectivity index (χ1n) is 7.20. The van der Waals surface area contributed by atoms with Crippen LogP contribution < -0.4 is 5.43 Å². The average Bonchev–Trinajstić information content (AvgIpc) is 2.57. The van der Waals surface area contributed by atoms with Gasteiger partial charge in [-0.25, -0.2) is 9.97 Å². The number of nitrogens with zero attached hydrogens (tertiary/aromatic N) is 3. The van der Waals surface area contributed by atoms with Crippen molar-refractivity contribution in [2.24, 2.45) is 5.10 Å². The SMILES string of the molecule is Cc1nc(NN=Cc2ccccc2O)cc(-c2ccccc2)n1. The molecule has 0 aliphatic heterocycles. The Morgan fingerprint density at radius 2 is 1.74 bits per heavy atom. The minimum atomic E-state index is 0.182. The van der Waals surface area contributed by atoms with Gasteiger partial charge in [0, 0.05) is 17.2 Å². The van der Waals surface area contributed by atoms with Crippen molar-refractivity contribution in [2.45, 2.75) is 6.92 Å². The van der Waals surface area contributed by atoms with Crippen LogP contribution in [-0.4, -0.2) is 21.3 Å². The highest BCUT2D eigenvalue weighted by atomic mass is 16.3. The molecular formula is C18H16N4O. The zero-order valence-electron chi connectivity index (χ0n) is 12.6. The maximum Gasteiger partial charge on any atom is 0.150 e. The molecule has 5 heteroatoms. The molecule has 0 unspecified atom stereocenters. The van der Waals surface area contributed by atoms with Gasteiger partial charge in [-0.05, 0) is 19.1 Å². The van der Waals surface area contributed by atoms with Crippen LogP contribution in [0, 0.1) is 6.92 Å². The number of hydrazone groups is 1. The summed E-state index contributed by atoms with van der Waals surface area (Å²) in [6, 6.07) is 18.7. The highest BCUT2D eigenvalue weighted by Gasteiger charge is 2.03. The van der Waals surface area contributed by atoms with Gasteiger partial charge in [-0.15, -0.1) is 0 Å². The number of nitrogens with one attached hydrogen (secondary N) is 1. The number of hydrogen-bond donors (Lipinski definition) is 2. The van der Waals surface area contributed by atoms with Crippen LogP contribution in [0.15, 0.2) is 65.8 Å². The first-order valence-corrected chi connectivity index (χ1v) is 7.20. The molecule has 114 valence electrons. The third-order valence-electron chi connectivity index (χ3n) is 3.23. The van der Waals surface area contributed by atoms with E-state index < -0.39 is 0 Å². The fourth-order valence-corrected chi connectivity index (χ4v) is 2.15. The summed E-state index contributed by atoms with van der Waals surface area (Å²) in [6.45, 7) is 1.84. The van der Waals surface area contributed by atoms with Crippen LogP contribution in [0.25, 0.3) is 11.3 Å². The highest BCUT2D eigenvalue weighted by molar-refractivity contribution is 5.83. The van der Waals surface area contributed by atoms with Gasteiger partial charge in [0.15, 0.2) is 0 Å². The molecule has 3 rings (SSSR count). The molecule has 0 bridgehead atoms. The van der Waals surface area contributed by atoms with E-state index in [0.29, 0.717) is 17.2 Å². The number of phenols is 1. The summed E-state index contributed by atoms with van der Waals surface area (Å²) in [5.41, 5.74) is 5.36. The molecule has 0 amide bonds. The molecule has 0 radical (unpaired) electrons. The van der Waals surface area contributed by atoms with Crippen LogP contribution in [0.1, 0.15) is 11.4 Å². The summed E-state index contributed by atoms with van der Waals surface area (Å²) in [7, 11) is 0. The summed E-state index contributed by atoms with van der Waals surface area (Å²) >= 11 is 0. The minimum Gasteiger partial charge on any atom is -0.507 e. The second-order valence-electron chi connectivity index (χ2n) is 4.98. The third-order valence-corrected chi connectivity index (χ3v) is 3.23. The Hall–Kier alpha value is -3.21. The highest BCUT2D eigenvalue weighted by Crippen LogP contribution is 2.19. The van der Waals surface area contributed by atoms with Crippen molar-refractivity contribution < 1.29 is 5.11 Å². The van der Waals surface area contributed by atoms with Gasteiger partial charge in [0.25, 0.3) is 0 Å². The number of benzene rings is 2. The number of anilines is 1. The Morgan fingerprint density at radius 1 is 1.00 bits per heavy atom. The van der Waals surface area contributed by atoms with Crippen LogP contribution in [0.4, 0.5) is 5.82 Å². The van der Waals surface area contributed by atoms with Gasteiger partial charge in [0.2, 0.25) is 0 Å². The molecule has 0 aliphatic carbocycles. The largest absolute Gasteiger partial charge is 0.507 e. The van der Waals surface area contributed by atoms with Crippen LogP contribution in [0.5, 0.6) is 5.75 Å². The van der Waals surface area contributed by atoms with E-state index in [4.69, 9.17) is 0 Å². The predicted molar refractivity (Wildman–Crippen MR) is 91.5 cm³/mol. The lowest BCUT2D eigenvalue weighted by atomic mass is 10.1. The first kappa shape index (κ1) is 14.7. The Morgan fingerprint density at radius 3 is 2.52 bits per heavy atom. The lowest BCUT2D eigenvalue weighted by molar-refractivity contribution is 0.474. The zero-order valence-corrected chi connectivity index (χ0v) is 12.6. The van der Waals surface area contributed by atoms with Crippen molar-refractivity contribution in [1.82, 2.24) is 9.97 Å². The molecule has 0 fully saturated rings. The predicted octanol–water partition coefficient (Wildman–Crippen LogP) is 3.60. The monoisotopic (exact) mass is 304 g/mol. The van der Waals surface area contributed by atoms with E-state index in [1.54, 1.807) is 24.4 Å². The summed E-state index contributed by atoms with van der Waals surface area (Å²) < 4.78 is 0. The molecule has 0 spiro atoms. The maximum absolute atomic E-state index is 9.70. The second kappa shape index (κ2) is 6.70. The first-order chi connectivity index (χ1) is 11.2. The van der Waals surface area contributed by atoms with Gasteiger partial charge in [0.05, 0.1) is 11.9 Å². The van der Waals surface area contributed by atoms with Crippen LogP contribution in [0.2, 0.25) is 0 Å². The van der Waals surface area contributed by atoms with E-state index in [1.807, 2.05) is 49.4 Å². The number of para-hydroxylation sites is 1. The fraction of sp³-hybridized carbons (Fsp3) is 0.0556.